The molecule has 0 radical (unpaired) electrons. The second kappa shape index (κ2) is 2.48. The maximum Gasteiger partial charge on any atom is 0.331 e. The number of aliphatic hydroxyl groups is 1. The predicted octanol–water partition coefficient (Wildman–Crippen LogP) is -0.395. The number of allylic oxidation sites excluding steroid dienone is 1. The second-order valence-corrected chi connectivity index (χ2v) is 2.47. The Kier molecular flexibility index (Phi) is 1.80. The largest absolute Gasteiger partial charge is 0.478 e. The van der Waals surface area contributed by atoms with Crippen molar-refractivity contribution >= 4 is 5.97 Å². The highest BCUT2D eigenvalue weighted by molar-refractivity contribution is 5.87. The van der Waals surface area contributed by atoms with Gasteiger partial charge in [-0.1, -0.05) is 6.08 Å². The lowest BCUT2D eigenvalue weighted by Crippen LogP contribution is -2.36. The molecule has 4 heteroatoms. The van der Waals surface area contributed by atoms with Gasteiger partial charge in [-0.2, -0.15) is 0 Å². The fraction of sp³-hybridized carbons (Fsp3) is 0.286. The molecule has 0 aromatic rings. The maximum absolute atomic E-state index is 10.4. The van der Waals surface area contributed by atoms with Gasteiger partial charge in [-0.25, -0.2) is 4.79 Å². The van der Waals surface area contributed by atoms with Gasteiger partial charge in [0.15, 0.2) is 5.72 Å². The Balaban J connectivity index is 2.86. The van der Waals surface area contributed by atoms with Gasteiger partial charge in [-0.05, 0) is 18.6 Å². The summed E-state index contributed by atoms with van der Waals surface area (Å²) in [7, 11) is 0. The Bertz CT molecular complexity index is 240. The zero-order valence-corrected chi connectivity index (χ0v) is 5.82. The van der Waals surface area contributed by atoms with Gasteiger partial charge in [0.1, 0.15) is 0 Å². The molecule has 0 amide bonds. The minimum Gasteiger partial charge on any atom is -0.478 e. The Hall–Kier alpha value is -1.13. The summed E-state index contributed by atoms with van der Waals surface area (Å²) in [5.41, 5.74) is 3.77. The average molecular weight is 155 g/mol. The Morgan fingerprint density at radius 1 is 1.73 bits per heavy atom. The molecule has 4 nitrogen and oxygen atoms in total. The molecule has 0 bridgehead atoms. The van der Waals surface area contributed by atoms with E-state index >= 15 is 0 Å². The molecule has 0 saturated carbocycles. The van der Waals surface area contributed by atoms with E-state index in [0.717, 1.165) is 6.08 Å². The SMILES string of the molecule is NC1(O)C=CCC(C(=O)O)=C1. The fourth-order valence-electron chi connectivity index (χ4n) is 0.910. The van der Waals surface area contributed by atoms with E-state index in [1.807, 2.05) is 0 Å². The van der Waals surface area contributed by atoms with Crippen LogP contribution in [0.2, 0.25) is 0 Å². The van der Waals surface area contributed by atoms with Gasteiger partial charge in [0.05, 0.1) is 0 Å². The van der Waals surface area contributed by atoms with Crippen molar-refractivity contribution in [3.63, 3.8) is 0 Å². The zero-order valence-electron chi connectivity index (χ0n) is 5.82. The van der Waals surface area contributed by atoms with Crippen molar-refractivity contribution in [2.75, 3.05) is 0 Å². The van der Waals surface area contributed by atoms with Crippen LogP contribution in [-0.4, -0.2) is 21.9 Å². The van der Waals surface area contributed by atoms with E-state index in [4.69, 9.17) is 15.9 Å². The number of aliphatic carboxylic acids is 1. The van der Waals surface area contributed by atoms with Crippen molar-refractivity contribution in [2.24, 2.45) is 5.73 Å². The van der Waals surface area contributed by atoms with E-state index in [2.05, 4.69) is 0 Å². The van der Waals surface area contributed by atoms with Gasteiger partial charge in [0.25, 0.3) is 0 Å². The van der Waals surface area contributed by atoms with Gasteiger partial charge in [0, 0.05) is 5.57 Å². The average Bonchev–Trinajstić information content (AvgIpc) is 1.85. The predicted molar refractivity (Wildman–Crippen MR) is 38.6 cm³/mol. The molecule has 0 aromatic heterocycles. The third-order valence-electron chi connectivity index (χ3n) is 1.40. The highest BCUT2D eigenvalue weighted by Crippen LogP contribution is 2.15. The van der Waals surface area contributed by atoms with Crippen LogP contribution in [0, 0.1) is 0 Å². The standard InChI is InChI=1S/C7H9NO3/c8-7(11)3-1-2-5(4-7)6(9)10/h1,3-4,11H,2,8H2,(H,9,10). The molecular formula is C7H9NO3. The van der Waals surface area contributed by atoms with Crippen molar-refractivity contribution < 1.29 is 15.0 Å². The molecule has 4 N–H and O–H groups in total. The molecule has 0 aliphatic heterocycles. The molecule has 0 heterocycles. The van der Waals surface area contributed by atoms with Crippen LogP contribution >= 0.6 is 0 Å². The zero-order chi connectivity index (χ0) is 8.48. The van der Waals surface area contributed by atoms with Crippen molar-refractivity contribution in [1.29, 1.82) is 0 Å². The number of carbonyl (C=O) groups is 1. The molecule has 0 saturated heterocycles. The van der Waals surface area contributed by atoms with Gasteiger partial charge >= 0.3 is 5.97 Å². The van der Waals surface area contributed by atoms with Crippen molar-refractivity contribution in [3.05, 3.63) is 23.8 Å². The van der Waals surface area contributed by atoms with Crippen LogP contribution in [0.3, 0.4) is 0 Å². The molecule has 1 unspecified atom stereocenters. The van der Waals surface area contributed by atoms with Crippen molar-refractivity contribution in [1.82, 2.24) is 0 Å². The van der Waals surface area contributed by atoms with E-state index in [-0.39, 0.29) is 5.57 Å². The molecule has 11 heavy (non-hydrogen) atoms. The molecule has 1 rings (SSSR count). The topological polar surface area (TPSA) is 83.5 Å². The summed E-state index contributed by atoms with van der Waals surface area (Å²) in [6.45, 7) is 0. The number of hydrogen-bond acceptors (Lipinski definition) is 3. The van der Waals surface area contributed by atoms with E-state index in [0.29, 0.717) is 6.42 Å². The minimum absolute atomic E-state index is 0.123. The normalized spacial score (nSPS) is 29.8. The quantitative estimate of drug-likeness (QED) is 0.355. The Labute approximate surface area is 63.6 Å². The molecule has 1 aliphatic carbocycles. The van der Waals surface area contributed by atoms with Crippen LogP contribution in [0.1, 0.15) is 6.42 Å². The summed E-state index contributed by atoms with van der Waals surface area (Å²) >= 11 is 0. The van der Waals surface area contributed by atoms with E-state index in [1.54, 1.807) is 0 Å². The molecule has 1 atom stereocenters. The smallest absolute Gasteiger partial charge is 0.331 e. The van der Waals surface area contributed by atoms with Crippen molar-refractivity contribution in [2.45, 2.75) is 12.1 Å². The summed E-state index contributed by atoms with van der Waals surface area (Å²) in [4.78, 5) is 10.4. The summed E-state index contributed by atoms with van der Waals surface area (Å²) in [5, 5.41) is 17.6. The first-order chi connectivity index (χ1) is 5.01. The van der Waals surface area contributed by atoms with Crippen LogP contribution in [0.5, 0.6) is 0 Å². The van der Waals surface area contributed by atoms with Crippen LogP contribution in [0.25, 0.3) is 0 Å². The highest BCUT2D eigenvalue weighted by atomic mass is 16.4. The van der Waals surface area contributed by atoms with Gasteiger partial charge in [-0.15, -0.1) is 0 Å². The van der Waals surface area contributed by atoms with Crippen LogP contribution in [-0.2, 0) is 4.79 Å². The number of nitrogens with two attached hydrogens (primary N) is 1. The van der Waals surface area contributed by atoms with Crippen molar-refractivity contribution in [3.8, 4) is 0 Å². The second-order valence-electron chi connectivity index (χ2n) is 2.47. The van der Waals surface area contributed by atoms with Crippen LogP contribution in [0.15, 0.2) is 23.8 Å². The molecule has 0 fully saturated rings. The molecular weight excluding hydrogens is 146 g/mol. The fourth-order valence-corrected chi connectivity index (χ4v) is 0.910. The first-order valence-corrected chi connectivity index (χ1v) is 3.15. The third kappa shape index (κ3) is 1.89. The van der Waals surface area contributed by atoms with E-state index < -0.39 is 11.7 Å². The first kappa shape index (κ1) is 7.97. The number of hydrogen-bond donors (Lipinski definition) is 3. The lowest BCUT2D eigenvalue weighted by molar-refractivity contribution is -0.132. The van der Waals surface area contributed by atoms with E-state index in [1.165, 1.54) is 12.2 Å². The third-order valence-corrected chi connectivity index (χ3v) is 1.40. The highest BCUT2D eigenvalue weighted by Gasteiger charge is 2.20. The van der Waals surface area contributed by atoms with E-state index in [9.17, 15) is 4.79 Å². The lowest BCUT2D eigenvalue weighted by Gasteiger charge is -2.18. The van der Waals surface area contributed by atoms with Crippen LogP contribution < -0.4 is 5.73 Å². The first-order valence-electron chi connectivity index (χ1n) is 3.15. The van der Waals surface area contributed by atoms with Gasteiger partial charge in [-0.3, -0.25) is 5.73 Å². The Morgan fingerprint density at radius 2 is 2.36 bits per heavy atom. The number of carboxylic acids is 1. The molecule has 60 valence electrons. The Morgan fingerprint density at radius 3 is 2.73 bits per heavy atom. The molecule has 0 spiro atoms. The number of rotatable bonds is 1. The number of carboxylic acid groups (broad SMARTS) is 1. The molecule has 0 aromatic carbocycles. The monoisotopic (exact) mass is 155 g/mol. The summed E-state index contributed by atoms with van der Waals surface area (Å²) in [6.07, 6.45) is 4.34. The van der Waals surface area contributed by atoms with Crippen LogP contribution in [0.4, 0.5) is 0 Å². The summed E-state index contributed by atoms with van der Waals surface area (Å²) < 4.78 is 0. The summed E-state index contributed by atoms with van der Waals surface area (Å²) in [6, 6.07) is 0. The van der Waals surface area contributed by atoms with Gasteiger partial charge in [0.2, 0.25) is 0 Å². The van der Waals surface area contributed by atoms with Gasteiger partial charge < -0.3 is 10.2 Å². The molecule has 1 aliphatic rings. The lowest BCUT2D eigenvalue weighted by atomic mass is 10.0. The maximum atomic E-state index is 10.4. The minimum atomic E-state index is -1.59. The summed E-state index contributed by atoms with van der Waals surface area (Å²) in [5.74, 6) is -1.04.